The van der Waals surface area contributed by atoms with Gasteiger partial charge in [0.05, 0.1) is 6.33 Å². The first kappa shape index (κ1) is 24.0. The molecule has 0 saturated heterocycles. The number of fused-ring (bicyclic) bond motifs is 1. The van der Waals surface area contributed by atoms with Gasteiger partial charge in [0, 0.05) is 12.4 Å². The standard InChI is InChI=1S/C12H9N2.C8H11.2ClH.Zr/c1-2-4-11-8-12(7-10(11)3-1)14-6-5-13-9-14;1-6-4-5-7(2)8(6)3;;;/h1-9H;4H2,1-3H3;2*1H;/q2*-1;;;+4/p-2. The van der Waals surface area contributed by atoms with E-state index in [1.165, 1.54) is 33.2 Å². The van der Waals surface area contributed by atoms with Crippen molar-refractivity contribution >= 4 is 10.8 Å². The minimum absolute atomic E-state index is 0. The van der Waals surface area contributed by atoms with Crippen molar-refractivity contribution in [1.82, 2.24) is 9.55 Å². The summed E-state index contributed by atoms with van der Waals surface area (Å²) < 4.78 is 2.01. The van der Waals surface area contributed by atoms with E-state index in [0.717, 1.165) is 6.42 Å². The van der Waals surface area contributed by atoms with E-state index >= 15 is 0 Å². The molecule has 0 atom stereocenters. The summed E-state index contributed by atoms with van der Waals surface area (Å²) in [6.07, 6.45) is 9.87. The largest absolute Gasteiger partial charge is 4.00 e. The first-order valence-corrected chi connectivity index (χ1v) is 7.53. The van der Waals surface area contributed by atoms with E-state index in [1.54, 1.807) is 6.20 Å². The van der Waals surface area contributed by atoms with Crippen LogP contribution in [0.4, 0.5) is 0 Å². The van der Waals surface area contributed by atoms with Crippen LogP contribution in [0.1, 0.15) is 27.2 Å². The van der Waals surface area contributed by atoms with Crippen molar-refractivity contribution in [3.63, 3.8) is 0 Å². The maximum Gasteiger partial charge on any atom is 4.00 e. The number of imidazole rings is 1. The topological polar surface area (TPSA) is 17.8 Å². The van der Waals surface area contributed by atoms with Gasteiger partial charge in [-0.1, -0.05) is 19.9 Å². The SMILES string of the molecule is CC1=[C-]CC(C)=C1C.[Cl-].[Cl-].[Zr+4].c1ccc2[cH-]c(-n3ccnc3)cc2c1. The summed E-state index contributed by atoms with van der Waals surface area (Å²) in [4.78, 5) is 4.03. The Balaban J connectivity index is 0.000000462. The van der Waals surface area contributed by atoms with Gasteiger partial charge in [-0.15, -0.1) is 54.4 Å². The van der Waals surface area contributed by atoms with Gasteiger partial charge >= 0.3 is 26.2 Å². The molecule has 0 fully saturated rings. The zero-order valence-corrected chi connectivity index (χ0v) is 18.5. The molecule has 0 spiro atoms. The quantitative estimate of drug-likeness (QED) is 0.445. The third-order valence-corrected chi connectivity index (χ3v) is 4.23. The molecule has 0 unspecified atom stereocenters. The molecule has 25 heavy (non-hydrogen) atoms. The third kappa shape index (κ3) is 5.74. The molecule has 1 aliphatic rings. The predicted molar refractivity (Wildman–Crippen MR) is 92.1 cm³/mol. The molecule has 0 bridgehead atoms. The molecular weight excluding hydrogens is 430 g/mol. The number of aromatic nitrogens is 2. The Hall–Kier alpha value is -1.02. The van der Waals surface area contributed by atoms with E-state index in [1.807, 2.05) is 17.1 Å². The van der Waals surface area contributed by atoms with Gasteiger partial charge in [-0.2, -0.15) is 11.1 Å². The molecule has 3 aromatic rings. The van der Waals surface area contributed by atoms with Crippen molar-refractivity contribution in [2.24, 2.45) is 0 Å². The van der Waals surface area contributed by atoms with Gasteiger partial charge in [-0.25, -0.2) is 10.6 Å². The van der Waals surface area contributed by atoms with Gasteiger partial charge < -0.3 is 29.4 Å². The molecule has 0 aliphatic heterocycles. The monoisotopic (exact) mass is 448 g/mol. The summed E-state index contributed by atoms with van der Waals surface area (Å²) in [5, 5.41) is 2.55. The first-order chi connectivity index (χ1) is 10.6. The number of halogens is 2. The summed E-state index contributed by atoms with van der Waals surface area (Å²) >= 11 is 0. The summed E-state index contributed by atoms with van der Waals surface area (Å²) in [7, 11) is 0. The van der Waals surface area contributed by atoms with E-state index in [-0.39, 0.29) is 51.0 Å². The van der Waals surface area contributed by atoms with E-state index in [9.17, 15) is 0 Å². The fraction of sp³-hybridized carbons (Fsp3) is 0.200. The van der Waals surface area contributed by atoms with Crippen LogP contribution in [0.3, 0.4) is 0 Å². The van der Waals surface area contributed by atoms with Gasteiger partial charge in [-0.05, 0) is 5.69 Å². The minimum Gasteiger partial charge on any atom is -1.00 e. The van der Waals surface area contributed by atoms with Crippen LogP contribution in [-0.2, 0) is 26.2 Å². The number of rotatable bonds is 1. The Morgan fingerprint density at radius 2 is 1.84 bits per heavy atom. The second-order valence-corrected chi connectivity index (χ2v) is 5.70. The van der Waals surface area contributed by atoms with Crippen molar-refractivity contribution in [3.05, 3.63) is 77.9 Å². The second-order valence-electron chi connectivity index (χ2n) is 5.70. The molecule has 0 saturated carbocycles. The molecule has 4 rings (SSSR count). The zero-order chi connectivity index (χ0) is 15.5. The molecule has 128 valence electrons. The molecule has 0 radical (unpaired) electrons. The maximum absolute atomic E-state index is 4.03. The third-order valence-electron chi connectivity index (χ3n) is 4.23. The summed E-state index contributed by atoms with van der Waals surface area (Å²) in [6.45, 7) is 6.44. The van der Waals surface area contributed by atoms with Crippen LogP contribution in [0, 0.1) is 6.08 Å². The number of benzene rings is 1. The summed E-state index contributed by atoms with van der Waals surface area (Å²) in [6, 6.07) is 12.7. The van der Waals surface area contributed by atoms with Crippen molar-refractivity contribution in [3.8, 4) is 5.69 Å². The van der Waals surface area contributed by atoms with Gasteiger partial charge in [0.1, 0.15) is 0 Å². The normalized spacial score (nSPS) is 12.4. The van der Waals surface area contributed by atoms with Crippen LogP contribution in [0.5, 0.6) is 0 Å². The van der Waals surface area contributed by atoms with Crippen LogP contribution in [0.2, 0.25) is 0 Å². The smallest absolute Gasteiger partial charge is 1.00 e. The van der Waals surface area contributed by atoms with Gasteiger partial charge in [0.2, 0.25) is 0 Å². The van der Waals surface area contributed by atoms with Crippen molar-refractivity contribution in [2.75, 3.05) is 0 Å². The van der Waals surface area contributed by atoms with Crippen molar-refractivity contribution in [1.29, 1.82) is 0 Å². The van der Waals surface area contributed by atoms with E-state index in [2.05, 4.69) is 68.2 Å². The summed E-state index contributed by atoms with van der Waals surface area (Å²) in [5.74, 6) is 0. The molecule has 1 aliphatic carbocycles. The average Bonchev–Trinajstić information content (AvgIpc) is 3.24. The van der Waals surface area contributed by atoms with Crippen LogP contribution in [0.25, 0.3) is 16.5 Å². The number of hydrogen-bond donors (Lipinski definition) is 0. The fourth-order valence-corrected chi connectivity index (χ4v) is 2.55. The average molecular weight is 451 g/mol. The Morgan fingerprint density at radius 1 is 1.12 bits per heavy atom. The molecule has 5 heteroatoms. The molecule has 2 nitrogen and oxygen atoms in total. The number of nitrogens with zero attached hydrogens (tertiary/aromatic N) is 2. The van der Waals surface area contributed by atoms with Crippen molar-refractivity contribution in [2.45, 2.75) is 27.2 Å². The van der Waals surface area contributed by atoms with Gasteiger partial charge in [0.15, 0.2) is 0 Å². The summed E-state index contributed by atoms with van der Waals surface area (Å²) in [5.41, 5.74) is 5.42. The Morgan fingerprint density at radius 3 is 2.32 bits per heavy atom. The van der Waals surface area contributed by atoms with Crippen LogP contribution in [-0.4, -0.2) is 9.55 Å². The molecule has 1 aromatic heterocycles. The Kier molecular flexibility index (Phi) is 10.4. The molecule has 1 heterocycles. The Labute approximate surface area is 181 Å². The van der Waals surface area contributed by atoms with Crippen molar-refractivity contribution < 1.29 is 51.0 Å². The first-order valence-electron chi connectivity index (χ1n) is 7.53. The van der Waals surface area contributed by atoms with Gasteiger partial charge in [-0.3, -0.25) is 6.08 Å². The molecule has 2 aromatic carbocycles. The molecule has 0 N–H and O–H groups in total. The van der Waals surface area contributed by atoms with E-state index in [4.69, 9.17) is 0 Å². The fourth-order valence-electron chi connectivity index (χ4n) is 2.55. The van der Waals surface area contributed by atoms with Crippen LogP contribution >= 0.6 is 0 Å². The Bertz CT molecular complexity index is 807. The molecular formula is C20H20Cl2N2Zr. The van der Waals surface area contributed by atoms with E-state index < -0.39 is 0 Å². The van der Waals surface area contributed by atoms with Crippen LogP contribution in [0.15, 0.2) is 71.8 Å². The number of hydrogen-bond acceptors (Lipinski definition) is 1. The minimum atomic E-state index is 0. The van der Waals surface area contributed by atoms with E-state index in [0.29, 0.717) is 0 Å². The maximum atomic E-state index is 4.03. The second kappa shape index (κ2) is 10.9. The molecule has 0 amide bonds. The zero-order valence-electron chi connectivity index (χ0n) is 14.6. The van der Waals surface area contributed by atoms with Gasteiger partial charge in [0.25, 0.3) is 0 Å². The number of allylic oxidation sites excluding steroid dienone is 4. The predicted octanol–water partition coefficient (Wildman–Crippen LogP) is -0.774. The van der Waals surface area contributed by atoms with Crippen LogP contribution < -0.4 is 24.8 Å².